The Balaban J connectivity index is 3.18. The maximum atomic E-state index is 13.3. The van der Waals surface area contributed by atoms with Gasteiger partial charge < -0.3 is 9.47 Å². The number of carbonyl (C=O) groups excluding carboxylic acids is 1. The normalized spacial score (nSPS) is 12.3. The van der Waals surface area contributed by atoms with Crippen LogP contribution in [-0.4, -0.2) is 20.2 Å². The molecule has 4 heteroatoms. The average Bonchev–Trinajstić information content (AvgIpc) is 2.34. The van der Waals surface area contributed by atoms with Crippen molar-refractivity contribution in [1.82, 2.24) is 0 Å². The van der Waals surface area contributed by atoms with Crippen molar-refractivity contribution in [3.63, 3.8) is 0 Å². The monoisotopic (exact) mass is 254 g/mol. The van der Waals surface area contributed by atoms with E-state index in [4.69, 9.17) is 9.47 Å². The molecule has 0 saturated heterocycles. The van der Waals surface area contributed by atoms with Crippen LogP contribution in [0.1, 0.15) is 31.7 Å². The van der Waals surface area contributed by atoms with E-state index in [1.165, 1.54) is 32.4 Å². The van der Waals surface area contributed by atoms with Crippen LogP contribution in [0, 0.1) is 11.7 Å². The number of methoxy groups -OCH3 is 2. The molecule has 1 atom stereocenters. The zero-order valence-electron chi connectivity index (χ0n) is 11.2. The lowest BCUT2D eigenvalue weighted by Crippen LogP contribution is -2.17. The molecule has 0 radical (unpaired) electrons. The molecule has 0 aliphatic carbocycles. The summed E-state index contributed by atoms with van der Waals surface area (Å²) in [5.74, 6) is -0.453. The van der Waals surface area contributed by atoms with Gasteiger partial charge in [-0.1, -0.05) is 13.8 Å². The van der Waals surface area contributed by atoms with E-state index in [9.17, 15) is 9.18 Å². The number of ether oxygens (including phenoxy) is 2. The van der Waals surface area contributed by atoms with Gasteiger partial charge in [0.15, 0.2) is 0 Å². The molecule has 0 bridgehead atoms. The standard InChI is InChI=1S/C14H19FO3/c1-9(2)7-12(14(16)18-4)11-8-10(15)5-6-13(11)17-3/h5-6,8-9,12H,7H2,1-4H3. The lowest BCUT2D eigenvalue weighted by atomic mass is 9.89. The quantitative estimate of drug-likeness (QED) is 0.757. The third-order valence-corrected chi connectivity index (χ3v) is 2.76. The van der Waals surface area contributed by atoms with Gasteiger partial charge in [0, 0.05) is 5.56 Å². The second kappa shape index (κ2) is 6.38. The van der Waals surface area contributed by atoms with E-state index in [1.54, 1.807) is 0 Å². The van der Waals surface area contributed by atoms with Gasteiger partial charge in [0.1, 0.15) is 11.6 Å². The Bertz CT molecular complexity index is 416. The Labute approximate surface area is 107 Å². The van der Waals surface area contributed by atoms with Gasteiger partial charge >= 0.3 is 5.97 Å². The van der Waals surface area contributed by atoms with Crippen LogP contribution in [-0.2, 0) is 9.53 Å². The summed E-state index contributed by atoms with van der Waals surface area (Å²) >= 11 is 0. The molecule has 0 fully saturated rings. The molecular weight excluding hydrogens is 235 g/mol. The number of esters is 1. The van der Waals surface area contributed by atoms with Crippen LogP contribution in [0.3, 0.4) is 0 Å². The van der Waals surface area contributed by atoms with Crippen molar-refractivity contribution in [3.8, 4) is 5.75 Å². The molecule has 18 heavy (non-hydrogen) atoms. The summed E-state index contributed by atoms with van der Waals surface area (Å²) in [5.41, 5.74) is 0.540. The molecule has 0 aliphatic heterocycles. The highest BCUT2D eigenvalue weighted by Gasteiger charge is 2.26. The number of hydrogen-bond acceptors (Lipinski definition) is 3. The predicted molar refractivity (Wildman–Crippen MR) is 67.2 cm³/mol. The fourth-order valence-corrected chi connectivity index (χ4v) is 1.94. The maximum Gasteiger partial charge on any atom is 0.313 e. The fourth-order valence-electron chi connectivity index (χ4n) is 1.94. The predicted octanol–water partition coefficient (Wildman–Crippen LogP) is 3.14. The van der Waals surface area contributed by atoms with Crippen molar-refractivity contribution < 1.29 is 18.7 Å². The Hall–Kier alpha value is -1.58. The van der Waals surface area contributed by atoms with Gasteiger partial charge in [-0.25, -0.2) is 4.39 Å². The summed E-state index contributed by atoms with van der Waals surface area (Å²) < 4.78 is 23.3. The molecule has 1 aromatic carbocycles. The van der Waals surface area contributed by atoms with Crippen molar-refractivity contribution in [2.45, 2.75) is 26.2 Å². The fraction of sp³-hybridized carbons (Fsp3) is 0.500. The topological polar surface area (TPSA) is 35.5 Å². The Morgan fingerprint density at radius 1 is 1.33 bits per heavy atom. The SMILES string of the molecule is COC(=O)C(CC(C)C)c1cc(F)ccc1OC. The first-order chi connectivity index (χ1) is 8.49. The highest BCUT2D eigenvalue weighted by Crippen LogP contribution is 2.32. The van der Waals surface area contributed by atoms with Gasteiger partial charge in [0.25, 0.3) is 0 Å². The minimum atomic E-state index is -0.499. The van der Waals surface area contributed by atoms with Crippen molar-refractivity contribution in [1.29, 1.82) is 0 Å². The first kappa shape index (κ1) is 14.5. The van der Waals surface area contributed by atoms with Gasteiger partial charge in [-0.2, -0.15) is 0 Å². The molecule has 0 amide bonds. The van der Waals surface area contributed by atoms with E-state index in [0.717, 1.165) is 0 Å². The number of rotatable bonds is 5. The molecule has 0 heterocycles. The summed E-state index contributed by atoms with van der Waals surface area (Å²) in [5, 5.41) is 0. The van der Waals surface area contributed by atoms with E-state index in [0.29, 0.717) is 23.7 Å². The maximum absolute atomic E-state index is 13.3. The van der Waals surface area contributed by atoms with Crippen molar-refractivity contribution in [2.24, 2.45) is 5.92 Å². The third kappa shape index (κ3) is 3.45. The van der Waals surface area contributed by atoms with Crippen LogP contribution in [0.2, 0.25) is 0 Å². The highest BCUT2D eigenvalue weighted by atomic mass is 19.1. The molecule has 100 valence electrons. The smallest absolute Gasteiger partial charge is 0.313 e. The third-order valence-electron chi connectivity index (χ3n) is 2.76. The molecule has 0 aliphatic rings. The van der Waals surface area contributed by atoms with Crippen molar-refractivity contribution in [2.75, 3.05) is 14.2 Å². The van der Waals surface area contributed by atoms with Gasteiger partial charge in [0.2, 0.25) is 0 Å². The van der Waals surface area contributed by atoms with Crippen LogP contribution in [0.4, 0.5) is 4.39 Å². The Morgan fingerprint density at radius 2 is 2.00 bits per heavy atom. The molecule has 1 rings (SSSR count). The minimum absolute atomic E-state index is 0.294. The molecule has 0 aromatic heterocycles. The molecule has 1 unspecified atom stereocenters. The van der Waals surface area contributed by atoms with Gasteiger partial charge in [-0.15, -0.1) is 0 Å². The molecule has 0 saturated carbocycles. The Kier molecular flexibility index (Phi) is 5.13. The van der Waals surface area contributed by atoms with Crippen LogP contribution < -0.4 is 4.74 Å². The summed E-state index contributed by atoms with van der Waals surface area (Å²) in [6.07, 6.45) is 0.590. The zero-order chi connectivity index (χ0) is 13.7. The van der Waals surface area contributed by atoms with Gasteiger partial charge in [-0.3, -0.25) is 4.79 Å². The largest absolute Gasteiger partial charge is 0.496 e. The average molecular weight is 254 g/mol. The zero-order valence-corrected chi connectivity index (χ0v) is 11.2. The van der Waals surface area contributed by atoms with Gasteiger partial charge in [0.05, 0.1) is 20.1 Å². The lowest BCUT2D eigenvalue weighted by molar-refractivity contribution is -0.142. The van der Waals surface area contributed by atoms with E-state index < -0.39 is 5.92 Å². The van der Waals surface area contributed by atoms with E-state index in [2.05, 4.69) is 0 Å². The van der Waals surface area contributed by atoms with E-state index >= 15 is 0 Å². The molecule has 1 aromatic rings. The second-order valence-corrected chi connectivity index (χ2v) is 4.59. The first-order valence-corrected chi connectivity index (χ1v) is 5.90. The van der Waals surface area contributed by atoms with E-state index in [-0.39, 0.29) is 11.8 Å². The summed E-state index contributed by atoms with van der Waals surface area (Å²) in [6.45, 7) is 4.00. The lowest BCUT2D eigenvalue weighted by Gasteiger charge is -2.19. The summed E-state index contributed by atoms with van der Waals surface area (Å²) in [4.78, 5) is 11.8. The number of halogens is 1. The van der Waals surface area contributed by atoms with E-state index in [1.807, 2.05) is 13.8 Å². The van der Waals surface area contributed by atoms with Crippen molar-refractivity contribution in [3.05, 3.63) is 29.6 Å². The van der Waals surface area contributed by atoms with Crippen molar-refractivity contribution >= 4 is 5.97 Å². The number of hydrogen-bond donors (Lipinski definition) is 0. The Morgan fingerprint density at radius 3 is 2.50 bits per heavy atom. The molecular formula is C14H19FO3. The number of benzene rings is 1. The minimum Gasteiger partial charge on any atom is -0.496 e. The van der Waals surface area contributed by atoms with Crippen LogP contribution in [0.15, 0.2) is 18.2 Å². The van der Waals surface area contributed by atoms with Crippen LogP contribution >= 0.6 is 0 Å². The first-order valence-electron chi connectivity index (χ1n) is 5.90. The summed E-state index contributed by atoms with van der Waals surface area (Å²) in [7, 11) is 2.84. The van der Waals surface area contributed by atoms with Crippen LogP contribution in [0.25, 0.3) is 0 Å². The van der Waals surface area contributed by atoms with Crippen LogP contribution in [0.5, 0.6) is 5.75 Å². The van der Waals surface area contributed by atoms with Gasteiger partial charge in [-0.05, 0) is 30.5 Å². The molecule has 0 N–H and O–H groups in total. The summed E-state index contributed by atoms with van der Waals surface area (Å²) in [6, 6.07) is 4.18. The second-order valence-electron chi connectivity index (χ2n) is 4.59. The molecule has 0 spiro atoms. The highest BCUT2D eigenvalue weighted by molar-refractivity contribution is 5.79. The number of carbonyl (C=O) groups is 1. The molecule has 3 nitrogen and oxygen atoms in total.